The molecule has 1 N–H and O–H groups in total. The lowest BCUT2D eigenvalue weighted by atomic mass is 9.81. The standard InChI is InChI=1S/C15H19N3S/c1-10-6-5-7-11(2)14(10)17-18-15-16-12-8-3-4-9-13(12)19-15/h3-4,8-11H,5-7H2,1-2H3,(H,16,18)/t10-,11+. The minimum atomic E-state index is 0.589. The van der Waals surface area contributed by atoms with Crippen LogP contribution in [0.4, 0.5) is 5.13 Å². The summed E-state index contributed by atoms with van der Waals surface area (Å²) in [6.07, 6.45) is 3.83. The van der Waals surface area contributed by atoms with Crippen LogP contribution >= 0.6 is 11.3 Å². The third kappa shape index (κ3) is 2.63. The van der Waals surface area contributed by atoms with Gasteiger partial charge in [-0.1, -0.05) is 43.7 Å². The van der Waals surface area contributed by atoms with Gasteiger partial charge in [0.05, 0.1) is 10.2 Å². The van der Waals surface area contributed by atoms with Crippen LogP contribution in [0.5, 0.6) is 0 Å². The summed E-state index contributed by atoms with van der Waals surface area (Å²) in [5.74, 6) is 1.18. The first-order valence-corrected chi connectivity index (χ1v) is 7.75. The second kappa shape index (κ2) is 5.29. The number of thiazole rings is 1. The van der Waals surface area contributed by atoms with Crippen LogP contribution in [0.3, 0.4) is 0 Å². The van der Waals surface area contributed by atoms with E-state index in [0.29, 0.717) is 11.8 Å². The predicted octanol–water partition coefficient (Wildman–Crippen LogP) is 4.52. The molecule has 0 bridgehead atoms. The van der Waals surface area contributed by atoms with Gasteiger partial charge in [0.25, 0.3) is 0 Å². The van der Waals surface area contributed by atoms with Crippen LogP contribution in [-0.4, -0.2) is 10.7 Å². The van der Waals surface area contributed by atoms with Crippen LogP contribution in [0.15, 0.2) is 29.4 Å². The molecule has 0 aliphatic heterocycles. The number of aromatic nitrogens is 1. The lowest BCUT2D eigenvalue weighted by Crippen LogP contribution is -2.25. The Balaban J connectivity index is 1.80. The zero-order chi connectivity index (χ0) is 13.2. The quantitative estimate of drug-likeness (QED) is 0.817. The molecule has 19 heavy (non-hydrogen) atoms. The number of benzene rings is 1. The number of fused-ring (bicyclic) bond motifs is 1. The second-order valence-corrected chi connectivity index (χ2v) is 6.40. The number of anilines is 1. The maximum absolute atomic E-state index is 4.63. The van der Waals surface area contributed by atoms with Gasteiger partial charge < -0.3 is 0 Å². The maximum atomic E-state index is 4.63. The van der Waals surface area contributed by atoms with E-state index in [1.807, 2.05) is 18.2 Å². The van der Waals surface area contributed by atoms with Crippen LogP contribution < -0.4 is 5.43 Å². The molecule has 1 fully saturated rings. The van der Waals surface area contributed by atoms with Crippen molar-refractivity contribution < 1.29 is 0 Å². The Morgan fingerprint density at radius 1 is 1.21 bits per heavy atom. The fourth-order valence-corrected chi connectivity index (χ4v) is 3.57. The maximum Gasteiger partial charge on any atom is 0.204 e. The zero-order valence-electron chi connectivity index (χ0n) is 11.4. The minimum absolute atomic E-state index is 0.589. The third-order valence-electron chi connectivity index (χ3n) is 3.86. The Morgan fingerprint density at radius 3 is 2.68 bits per heavy atom. The lowest BCUT2D eigenvalue weighted by Gasteiger charge is -2.26. The number of hydrogen-bond donors (Lipinski definition) is 1. The normalized spacial score (nSPS) is 25.9. The molecular weight excluding hydrogens is 254 g/mol. The molecule has 100 valence electrons. The fourth-order valence-electron chi connectivity index (χ4n) is 2.76. The van der Waals surface area contributed by atoms with Gasteiger partial charge in [-0.3, -0.25) is 5.43 Å². The van der Waals surface area contributed by atoms with Gasteiger partial charge in [-0.2, -0.15) is 5.10 Å². The Kier molecular flexibility index (Phi) is 3.51. The Morgan fingerprint density at radius 2 is 1.95 bits per heavy atom. The fraction of sp³-hybridized carbons (Fsp3) is 0.467. The molecule has 1 aliphatic rings. The number of nitrogens with zero attached hydrogens (tertiary/aromatic N) is 2. The van der Waals surface area contributed by atoms with Crippen LogP contribution in [-0.2, 0) is 0 Å². The number of nitrogens with one attached hydrogen (secondary N) is 1. The SMILES string of the molecule is C[C@@H]1CCC[C@H](C)C1=NNc1nc2ccccc2s1. The largest absolute Gasteiger partial charge is 0.253 e. The van der Waals surface area contributed by atoms with E-state index in [-0.39, 0.29) is 0 Å². The van der Waals surface area contributed by atoms with E-state index < -0.39 is 0 Å². The van der Waals surface area contributed by atoms with Gasteiger partial charge >= 0.3 is 0 Å². The average Bonchev–Trinajstić information content (AvgIpc) is 2.81. The first-order chi connectivity index (χ1) is 9.24. The molecule has 3 nitrogen and oxygen atoms in total. The first-order valence-electron chi connectivity index (χ1n) is 6.93. The Hall–Kier alpha value is -1.42. The van der Waals surface area contributed by atoms with Gasteiger partial charge in [-0.15, -0.1) is 0 Å². The van der Waals surface area contributed by atoms with E-state index in [1.165, 1.54) is 29.7 Å². The molecule has 0 spiro atoms. The van der Waals surface area contributed by atoms with E-state index in [2.05, 4.69) is 35.4 Å². The molecule has 1 aromatic carbocycles. The highest BCUT2D eigenvalue weighted by Crippen LogP contribution is 2.28. The summed E-state index contributed by atoms with van der Waals surface area (Å²) >= 11 is 1.66. The van der Waals surface area contributed by atoms with Gasteiger partial charge in [0.15, 0.2) is 0 Å². The molecule has 0 unspecified atom stereocenters. The molecule has 3 rings (SSSR count). The van der Waals surface area contributed by atoms with Crippen molar-refractivity contribution >= 4 is 32.4 Å². The predicted molar refractivity (Wildman–Crippen MR) is 82.9 cm³/mol. The van der Waals surface area contributed by atoms with Gasteiger partial charge in [0, 0.05) is 5.71 Å². The number of para-hydroxylation sites is 1. The molecule has 0 saturated heterocycles. The van der Waals surface area contributed by atoms with Crippen LogP contribution in [0.1, 0.15) is 33.1 Å². The molecule has 2 atom stereocenters. The van der Waals surface area contributed by atoms with Crippen molar-refractivity contribution in [3.8, 4) is 0 Å². The molecule has 0 amide bonds. The number of hydrazone groups is 1. The van der Waals surface area contributed by atoms with Crippen molar-refractivity contribution in [3.05, 3.63) is 24.3 Å². The van der Waals surface area contributed by atoms with Crippen molar-refractivity contribution in [2.45, 2.75) is 33.1 Å². The summed E-state index contributed by atoms with van der Waals surface area (Å²) in [5.41, 5.74) is 5.50. The molecule has 1 aliphatic carbocycles. The molecule has 1 heterocycles. The highest BCUT2D eigenvalue weighted by molar-refractivity contribution is 7.22. The summed E-state index contributed by atoms with van der Waals surface area (Å²) in [4.78, 5) is 4.55. The van der Waals surface area contributed by atoms with E-state index in [9.17, 15) is 0 Å². The third-order valence-corrected chi connectivity index (χ3v) is 4.80. The smallest absolute Gasteiger partial charge is 0.204 e. The molecule has 0 radical (unpaired) electrons. The Labute approximate surface area is 117 Å². The van der Waals surface area contributed by atoms with E-state index in [0.717, 1.165) is 10.6 Å². The van der Waals surface area contributed by atoms with Crippen molar-refractivity contribution in [1.82, 2.24) is 4.98 Å². The molecule has 4 heteroatoms. The topological polar surface area (TPSA) is 37.3 Å². The number of hydrogen-bond acceptors (Lipinski definition) is 4. The van der Waals surface area contributed by atoms with Gasteiger partial charge in [-0.25, -0.2) is 4.98 Å². The van der Waals surface area contributed by atoms with Gasteiger partial charge in [0.1, 0.15) is 0 Å². The molecular formula is C15H19N3S. The zero-order valence-corrected chi connectivity index (χ0v) is 12.2. The van der Waals surface area contributed by atoms with E-state index in [4.69, 9.17) is 0 Å². The highest BCUT2D eigenvalue weighted by atomic mass is 32.1. The van der Waals surface area contributed by atoms with Gasteiger partial charge in [-0.05, 0) is 36.8 Å². The molecule has 2 aromatic rings. The summed E-state index contributed by atoms with van der Waals surface area (Å²) < 4.78 is 1.20. The van der Waals surface area contributed by atoms with E-state index >= 15 is 0 Å². The van der Waals surface area contributed by atoms with Crippen molar-refractivity contribution in [2.24, 2.45) is 16.9 Å². The van der Waals surface area contributed by atoms with Crippen LogP contribution in [0.25, 0.3) is 10.2 Å². The van der Waals surface area contributed by atoms with Crippen LogP contribution in [0, 0.1) is 11.8 Å². The summed E-state index contributed by atoms with van der Waals surface area (Å²) in [5, 5.41) is 5.51. The van der Waals surface area contributed by atoms with E-state index in [1.54, 1.807) is 11.3 Å². The van der Waals surface area contributed by atoms with Crippen molar-refractivity contribution in [2.75, 3.05) is 5.43 Å². The van der Waals surface area contributed by atoms with Crippen LogP contribution in [0.2, 0.25) is 0 Å². The minimum Gasteiger partial charge on any atom is -0.253 e. The average molecular weight is 273 g/mol. The van der Waals surface area contributed by atoms with Crippen molar-refractivity contribution in [1.29, 1.82) is 0 Å². The lowest BCUT2D eigenvalue weighted by molar-refractivity contribution is 0.486. The van der Waals surface area contributed by atoms with Gasteiger partial charge in [0.2, 0.25) is 5.13 Å². The summed E-state index contributed by atoms with van der Waals surface area (Å²) in [7, 11) is 0. The Bertz CT molecular complexity index is 557. The van der Waals surface area contributed by atoms with Crippen molar-refractivity contribution in [3.63, 3.8) is 0 Å². The summed E-state index contributed by atoms with van der Waals surface area (Å²) in [6, 6.07) is 8.19. The monoisotopic (exact) mass is 273 g/mol. The summed E-state index contributed by atoms with van der Waals surface area (Å²) in [6.45, 7) is 4.54. The second-order valence-electron chi connectivity index (χ2n) is 5.37. The molecule has 1 saturated carbocycles. The number of rotatable bonds is 2. The first kappa shape index (κ1) is 12.6. The highest BCUT2D eigenvalue weighted by Gasteiger charge is 2.22. The molecule has 1 aromatic heterocycles.